The number of nitrogens with one attached hydrogen (secondary N) is 2. The summed E-state index contributed by atoms with van der Waals surface area (Å²) in [4.78, 5) is 8.61. The van der Waals surface area contributed by atoms with Gasteiger partial charge in [0.25, 0.3) is 0 Å². The van der Waals surface area contributed by atoms with Crippen molar-refractivity contribution in [3.63, 3.8) is 0 Å². The van der Waals surface area contributed by atoms with E-state index in [9.17, 15) is 0 Å². The molecule has 3 rings (SSSR count). The molecule has 1 aromatic heterocycles. The maximum absolute atomic E-state index is 5.48. The van der Waals surface area contributed by atoms with Gasteiger partial charge in [0.1, 0.15) is 0 Å². The van der Waals surface area contributed by atoms with Crippen LogP contribution in [0.3, 0.4) is 0 Å². The molecule has 5 heteroatoms. The molecule has 5 nitrogen and oxygen atoms in total. The molecule has 2 heterocycles. The maximum atomic E-state index is 5.48. The molecule has 20 heavy (non-hydrogen) atoms. The monoisotopic (exact) mass is 272 g/mol. The first-order chi connectivity index (χ1) is 9.81. The van der Waals surface area contributed by atoms with Gasteiger partial charge in [-0.25, -0.2) is 0 Å². The lowest BCUT2D eigenvalue weighted by Crippen LogP contribution is -2.43. The Labute approximate surface area is 118 Å². The quantitative estimate of drug-likeness (QED) is 0.889. The van der Waals surface area contributed by atoms with E-state index in [2.05, 4.69) is 33.6 Å². The highest BCUT2D eigenvalue weighted by Crippen LogP contribution is 2.17. The van der Waals surface area contributed by atoms with E-state index < -0.39 is 0 Å². The van der Waals surface area contributed by atoms with Crippen LogP contribution >= 0.6 is 0 Å². The molecule has 2 unspecified atom stereocenters. The third-order valence-corrected chi connectivity index (χ3v) is 3.52. The standard InChI is InChI=1S/C15H20N4O/c1-11(8-13-10-20-7-6-16-13)19-12-2-3-14-15(9-12)18-5-4-17-14/h2-5,9,11,13,16,19H,6-8,10H2,1H3. The fourth-order valence-electron chi connectivity index (χ4n) is 2.59. The SMILES string of the molecule is CC(CC1COCCN1)Nc1ccc2nccnc2c1. The van der Waals surface area contributed by atoms with Crippen LogP contribution < -0.4 is 10.6 Å². The number of nitrogens with zero attached hydrogens (tertiary/aromatic N) is 2. The van der Waals surface area contributed by atoms with Gasteiger partial charge in [-0.2, -0.15) is 0 Å². The predicted molar refractivity (Wildman–Crippen MR) is 79.8 cm³/mol. The minimum atomic E-state index is 0.378. The van der Waals surface area contributed by atoms with Crippen molar-refractivity contribution in [3.05, 3.63) is 30.6 Å². The summed E-state index contributed by atoms with van der Waals surface area (Å²) < 4.78 is 5.48. The van der Waals surface area contributed by atoms with Crippen molar-refractivity contribution in [2.45, 2.75) is 25.4 Å². The smallest absolute Gasteiger partial charge is 0.0907 e. The molecule has 0 saturated carbocycles. The average Bonchev–Trinajstić information content (AvgIpc) is 2.48. The van der Waals surface area contributed by atoms with Gasteiger partial charge < -0.3 is 15.4 Å². The van der Waals surface area contributed by atoms with Crippen molar-refractivity contribution in [1.29, 1.82) is 0 Å². The molecule has 0 radical (unpaired) electrons. The van der Waals surface area contributed by atoms with Crippen LogP contribution in [0.25, 0.3) is 11.0 Å². The number of ether oxygens (including phenoxy) is 1. The lowest BCUT2D eigenvalue weighted by molar-refractivity contribution is 0.0731. The summed E-state index contributed by atoms with van der Waals surface area (Å²) in [5.74, 6) is 0. The summed E-state index contributed by atoms with van der Waals surface area (Å²) in [6.07, 6.45) is 4.48. The molecule has 106 valence electrons. The molecule has 0 amide bonds. The lowest BCUT2D eigenvalue weighted by atomic mass is 10.1. The molecule has 1 aromatic carbocycles. The summed E-state index contributed by atoms with van der Waals surface area (Å²) >= 11 is 0. The van der Waals surface area contributed by atoms with Gasteiger partial charge in [0.05, 0.1) is 24.2 Å². The van der Waals surface area contributed by atoms with Crippen LogP contribution in [0.4, 0.5) is 5.69 Å². The molecule has 2 aromatic rings. The Kier molecular flexibility index (Phi) is 4.08. The first-order valence-electron chi connectivity index (χ1n) is 7.10. The normalized spacial score (nSPS) is 20.8. The van der Waals surface area contributed by atoms with Crippen molar-refractivity contribution >= 4 is 16.7 Å². The van der Waals surface area contributed by atoms with E-state index in [1.807, 2.05) is 12.1 Å². The number of morpholine rings is 1. The Balaban J connectivity index is 1.62. The maximum Gasteiger partial charge on any atom is 0.0907 e. The molecular weight excluding hydrogens is 252 g/mol. The second kappa shape index (κ2) is 6.15. The summed E-state index contributed by atoms with van der Waals surface area (Å²) in [7, 11) is 0. The number of rotatable bonds is 4. The van der Waals surface area contributed by atoms with Gasteiger partial charge in [-0.05, 0) is 31.5 Å². The molecule has 1 fully saturated rings. The second-order valence-electron chi connectivity index (χ2n) is 5.27. The summed E-state index contributed by atoms with van der Waals surface area (Å²) in [6.45, 7) is 4.76. The third kappa shape index (κ3) is 3.23. The first kappa shape index (κ1) is 13.3. The number of benzene rings is 1. The van der Waals surface area contributed by atoms with Crippen LogP contribution in [0.2, 0.25) is 0 Å². The molecule has 0 aliphatic carbocycles. The minimum Gasteiger partial charge on any atom is -0.382 e. The van der Waals surface area contributed by atoms with Crippen LogP contribution in [-0.4, -0.2) is 41.8 Å². The molecule has 1 saturated heterocycles. The molecule has 1 aliphatic heterocycles. The highest BCUT2D eigenvalue weighted by atomic mass is 16.5. The first-order valence-corrected chi connectivity index (χ1v) is 7.10. The molecule has 2 atom stereocenters. The average molecular weight is 272 g/mol. The lowest BCUT2D eigenvalue weighted by Gasteiger charge is -2.27. The van der Waals surface area contributed by atoms with Crippen molar-refractivity contribution < 1.29 is 4.74 Å². The fourth-order valence-corrected chi connectivity index (χ4v) is 2.59. The number of fused-ring (bicyclic) bond motifs is 1. The third-order valence-electron chi connectivity index (χ3n) is 3.52. The van der Waals surface area contributed by atoms with E-state index in [0.717, 1.165) is 42.9 Å². The molecule has 0 spiro atoms. The minimum absolute atomic E-state index is 0.378. The van der Waals surface area contributed by atoms with Crippen molar-refractivity contribution in [1.82, 2.24) is 15.3 Å². The van der Waals surface area contributed by atoms with Crippen molar-refractivity contribution in [2.75, 3.05) is 25.1 Å². The number of aromatic nitrogens is 2. The van der Waals surface area contributed by atoms with E-state index in [1.165, 1.54) is 0 Å². The zero-order valence-corrected chi connectivity index (χ0v) is 11.7. The highest BCUT2D eigenvalue weighted by molar-refractivity contribution is 5.78. The van der Waals surface area contributed by atoms with Gasteiger partial charge in [0.2, 0.25) is 0 Å². The van der Waals surface area contributed by atoms with Gasteiger partial charge in [0.15, 0.2) is 0 Å². The number of anilines is 1. The van der Waals surface area contributed by atoms with E-state index in [0.29, 0.717) is 12.1 Å². The van der Waals surface area contributed by atoms with Crippen LogP contribution in [0, 0.1) is 0 Å². The van der Waals surface area contributed by atoms with Gasteiger partial charge >= 0.3 is 0 Å². The highest BCUT2D eigenvalue weighted by Gasteiger charge is 2.16. The summed E-state index contributed by atoms with van der Waals surface area (Å²) in [5, 5.41) is 7.00. The van der Waals surface area contributed by atoms with Crippen LogP contribution in [-0.2, 0) is 4.74 Å². The van der Waals surface area contributed by atoms with Gasteiger partial charge in [-0.1, -0.05) is 0 Å². The van der Waals surface area contributed by atoms with Gasteiger partial charge in [-0.15, -0.1) is 0 Å². The Morgan fingerprint density at radius 2 is 2.20 bits per heavy atom. The second-order valence-corrected chi connectivity index (χ2v) is 5.27. The van der Waals surface area contributed by atoms with E-state index >= 15 is 0 Å². The van der Waals surface area contributed by atoms with Crippen LogP contribution in [0.15, 0.2) is 30.6 Å². The number of hydrogen-bond acceptors (Lipinski definition) is 5. The van der Waals surface area contributed by atoms with Crippen LogP contribution in [0.1, 0.15) is 13.3 Å². The molecule has 0 bridgehead atoms. The van der Waals surface area contributed by atoms with E-state index in [4.69, 9.17) is 4.74 Å². The van der Waals surface area contributed by atoms with Crippen molar-refractivity contribution in [2.24, 2.45) is 0 Å². The number of hydrogen-bond donors (Lipinski definition) is 2. The largest absolute Gasteiger partial charge is 0.382 e. The predicted octanol–water partition coefficient (Wildman–Crippen LogP) is 1.81. The van der Waals surface area contributed by atoms with E-state index in [1.54, 1.807) is 12.4 Å². The fraction of sp³-hybridized carbons (Fsp3) is 0.467. The zero-order valence-electron chi connectivity index (χ0n) is 11.7. The molecule has 1 aliphatic rings. The molecule has 2 N–H and O–H groups in total. The molecular formula is C15H20N4O. The Morgan fingerprint density at radius 1 is 1.35 bits per heavy atom. The Morgan fingerprint density at radius 3 is 3.00 bits per heavy atom. The van der Waals surface area contributed by atoms with E-state index in [-0.39, 0.29) is 0 Å². The van der Waals surface area contributed by atoms with Gasteiger partial charge in [-0.3, -0.25) is 9.97 Å². The van der Waals surface area contributed by atoms with Crippen LogP contribution in [0.5, 0.6) is 0 Å². The Hall–Kier alpha value is -1.72. The summed E-state index contributed by atoms with van der Waals surface area (Å²) in [6, 6.07) is 6.91. The van der Waals surface area contributed by atoms with Crippen molar-refractivity contribution in [3.8, 4) is 0 Å². The topological polar surface area (TPSA) is 59.1 Å². The summed E-state index contributed by atoms with van der Waals surface area (Å²) in [5.41, 5.74) is 2.93. The van der Waals surface area contributed by atoms with Gasteiger partial charge in [0, 0.05) is 36.7 Å². The Bertz CT molecular complexity index is 569. The zero-order chi connectivity index (χ0) is 13.8.